The van der Waals surface area contributed by atoms with Gasteiger partial charge in [0.2, 0.25) is 0 Å². The second-order valence-corrected chi connectivity index (χ2v) is 7.11. The fourth-order valence-electron chi connectivity index (χ4n) is 1.75. The van der Waals surface area contributed by atoms with Crippen LogP contribution in [0.1, 0.15) is 18.9 Å². The van der Waals surface area contributed by atoms with Gasteiger partial charge in [-0.05, 0) is 0 Å². The summed E-state index contributed by atoms with van der Waals surface area (Å²) in [4.78, 5) is 5.20. The van der Waals surface area contributed by atoms with Crippen molar-refractivity contribution in [2.75, 3.05) is 0 Å². The summed E-state index contributed by atoms with van der Waals surface area (Å²) >= 11 is 0.482. The van der Waals surface area contributed by atoms with Crippen molar-refractivity contribution in [3.63, 3.8) is 0 Å². The van der Waals surface area contributed by atoms with E-state index >= 15 is 0 Å². The Balaban J connectivity index is 1.88. The molecule has 0 saturated heterocycles. The molecule has 0 radical (unpaired) electrons. The van der Waals surface area contributed by atoms with Crippen molar-refractivity contribution in [3.05, 3.63) is 66.2 Å². The molecule has 0 bridgehead atoms. The van der Waals surface area contributed by atoms with Gasteiger partial charge >= 0.3 is 122 Å². The zero-order chi connectivity index (χ0) is 13.3. The quantitative estimate of drug-likeness (QED) is 0.571. The first-order chi connectivity index (χ1) is 9.38. The molecule has 2 aromatic rings. The predicted molar refractivity (Wildman–Crippen MR) is 84.5 cm³/mol. The Bertz CT molecular complexity index is 493. The molecule has 1 nitrogen and oxygen atoms in total. The van der Waals surface area contributed by atoms with Crippen molar-refractivity contribution in [1.82, 2.24) is 0 Å². The van der Waals surface area contributed by atoms with Gasteiger partial charge in [-0.2, -0.15) is 0 Å². The molecule has 0 N–H and O–H groups in total. The summed E-state index contributed by atoms with van der Waals surface area (Å²) in [6.07, 6.45) is 3.31. The van der Waals surface area contributed by atoms with Crippen molar-refractivity contribution in [2.45, 2.75) is 24.7 Å². The summed E-state index contributed by atoms with van der Waals surface area (Å²) in [7, 11) is 0. The SMILES string of the molecule is CCC(C=NCc1ccccc1)[Se]c1ccccc1. The zero-order valence-electron chi connectivity index (χ0n) is 11.2. The molecular formula is C17H19NSe. The first-order valence-corrected chi connectivity index (χ1v) is 8.48. The van der Waals surface area contributed by atoms with Crippen molar-refractivity contribution in [2.24, 2.45) is 4.99 Å². The number of hydrogen-bond donors (Lipinski definition) is 0. The Morgan fingerprint density at radius 2 is 1.63 bits per heavy atom. The molecule has 1 atom stereocenters. The maximum atomic E-state index is 4.60. The van der Waals surface area contributed by atoms with E-state index in [2.05, 4.69) is 72.7 Å². The van der Waals surface area contributed by atoms with E-state index < -0.39 is 0 Å². The van der Waals surface area contributed by atoms with Gasteiger partial charge in [-0.15, -0.1) is 0 Å². The topological polar surface area (TPSA) is 12.4 Å². The molecule has 19 heavy (non-hydrogen) atoms. The third kappa shape index (κ3) is 5.02. The maximum absolute atomic E-state index is 4.60. The van der Waals surface area contributed by atoms with Gasteiger partial charge in [0.25, 0.3) is 0 Å². The molecule has 0 spiro atoms. The first kappa shape index (κ1) is 14.0. The van der Waals surface area contributed by atoms with Crippen molar-refractivity contribution in [1.29, 1.82) is 0 Å². The normalized spacial score (nSPS) is 12.7. The Kier molecular flexibility index (Phi) is 5.86. The second-order valence-electron chi connectivity index (χ2n) is 4.35. The first-order valence-electron chi connectivity index (χ1n) is 6.64. The summed E-state index contributed by atoms with van der Waals surface area (Å²) < 4.78 is 1.45. The van der Waals surface area contributed by atoms with Crippen LogP contribution in [0, 0.1) is 0 Å². The van der Waals surface area contributed by atoms with Crippen LogP contribution in [0.15, 0.2) is 65.7 Å². The monoisotopic (exact) mass is 317 g/mol. The molecule has 0 aliphatic heterocycles. The summed E-state index contributed by atoms with van der Waals surface area (Å²) in [5, 5.41) is 0. The predicted octanol–water partition coefficient (Wildman–Crippen LogP) is 3.49. The molecule has 1 unspecified atom stereocenters. The third-order valence-electron chi connectivity index (χ3n) is 2.82. The number of aliphatic imine (C=N–C) groups is 1. The fourth-order valence-corrected chi connectivity index (χ4v) is 3.80. The second kappa shape index (κ2) is 7.93. The van der Waals surface area contributed by atoms with Crippen molar-refractivity contribution < 1.29 is 0 Å². The van der Waals surface area contributed by atoms with Crippen LogP contribution < -0.4 is 4.46 Å². The van der Waals surface area contributed by atoms with E-state index in [9.17, 15) is 0 Å². The van der Waals surface area contributed by atoms with Crippen LogP contribution >= 0.6 is 0 Å². The summed E-state index contributed by atoms with van der Waals surface area (Å²) in [5.74, 6) is 0. The standard InChI is InChI=1S/C17H19NSe/c1-2-16(19-17-11-7-4-8-12-17)14-18-13-15-9-5-3-6-10-15/h3-12,14,16H,2,13H2,1H3. The van der Waals surface area contributed by atoms with Gasteiger partial charge in [0, 0.05) is 0 Å². The van der Waals surface area contributed by atoms with Crippen LogP contribution in [0.3, 0.4) is 0 Å². The minimum absolute atomic E-state index is 0.482. The summed E-state index contributed by atoms with van der Waals surface area (Å²) in [6.45, 7) is 3.03. The molecule has 2 aromatic carbocycles. The van der Waals surface area contributed by atoms with Crippen LogP contribution in [0.4, 0.5) is 0 Å². The van der Waals surface area contributed by atoms with Gasteiger partial charge in [0.15, 0.2) is 0 Å². The van der Waals surface area contributed by atoms with E-state index in [0.29, 0.717) is 19.8 Å². The number of nitrogens with zero attached hydrogens (tertiary/aromatic N) is 1. The number of hydrogen-bond acceptors (Lipinski definition) is 1. The Morgan fingerprint density at radius 3 is 2.26 bits per heavy atom. The molecule has 0 aliphatic rings. The van der Waals surface area contributed by atoms with E-state index in [1.165, 1.54) is 10.0 Å². The molecule has 98 valence electrons. The average molecular weight is 316 g/mol. The van der Waals surface area contributed by atoms with E-state index in [1.54, 1.807) is 0 Å². The Labute approximate surface area is 121 Å². The molecule has 0 aromatic heterocycles. The molecule has 0 amide bonds. The third-order valence-corrected chi connectivity index (χ3v) is 5.55. The Hall–Kier alpha value is -1.37. The van der Waals surface area contributed by atoms with Gasteiger partial charge in [0.05, 0.1) is 0 Å². The van der Waals surface area contributed by atoms with E-state index in [1.807, 2.05) is 6.07 Å². The van der Waals surface area contributed by atoms with Crippen LogP contribution in [-0.2, 0) is 6.54 Å². The zero-order valence-corrected chi connectivity index (χ0v) is 12.9. The van der Waals surface area contributed by atoms with Crippen LogP contribution in [0.25, 0.3) is 0 Å². The summed E-state index contributed by atoms with van der Waals surface area (Å²) in [5.41, 5.74) is 1.28. The molecule has 0 fully saturated rings. The fraction of sp³-hybridized carbons (Fsp3) is 0.235. The van der Waals surface area contributed by atoms with Crippen LogP contribution in [0.5, 0.6) is 0 Å². The molecule has 2 heteroatoms. The van der Waals surface area contributed by atoms with Crippen molar-refractivity contribution in [3.8, 4) is 0 Å². The van der Waals surface area contributed by atoms with Crippen LogP contribution in [-0.4, -0.2) is 21.2 Å². The molecular weight excluding hydrogens is 297 g/mol. The van der Waals surface area contributed by atoms with Crippen molar-refractivity contribution >= 4 is 25.6 Å². The minimum atomic E-state index is 0.482. The van der Waals surface area contributed by atoms with Gasteiger partial charge in [0.1, 0.15) is 0 Å². The molecule has 0 heterocycles. The average Bonchev–Trinajstić information content (AvgIpc) is 2.48. The molecule has 0 aliphatic carbocycles. The van der Waals surface area contributed by atoms with Gasteiger partial charge in [-0.1, -0.05) is 0 Å². The number of rotatable bonds is 6. The number of benzene rings is 2. The van der Waals surface area contributed by atoms with E-state index in [0.717, 1.165) is 13.0 Å². The van der Waals surface area contributed by atoms with Gasteiger partial charge < -0.3 is 0 Å². The van der Waals surface area contributed by atoms with E-state index in [4.69, 9.17) is 0 Å². The molecule has 2 rings (SSSR count). The van der Waals surface area contributed by atoms with E-state index in [-0.39, 0.29) is 0 Å². The van der Waals surface area contributed by atoms with Gasteiger partial charge in [-0.25, -0.2) is 0 Å². The van der Waals surface area contributed by atoms with Gasteiger partial charge in [-0.3, -0.25) is 0 Å². The molecule has 0 saturated carbocycles. The Morgan fingerprint density at radius 1 is 1.00 bits per heavy atom. The summed E-state index contributed by atoms with van der Waals surface area (Å²) in [6, 6.07) is 21.2. The van der Waals surface area contributed by atoms with Crippen LogP contribution in [0.2, 0.25) is 4.82 Å².